The maximum Gasteiger partial charge on any atom is 0.322 e. The number of nitrogens with one attached hydrogen (secondary N) is 1. The van der Waals surface area contributed by atoms with E-state index in [4.69, 9.17) is 13.9 Å². The molecule has 1 aliphatic heterocycles. The number of furan rings is 1. The molecule has 0 spiro atoms. The molecular formula is C27H31N3O5. The molecule has 8 heteroatoms. The van der Waals surface area contributed by atoms with E-state index >= 15 is 0 Å². The van der Waals surface area contributed by atoms with Gasteiger partial charge in [-0.2, -0.15) is 0 Å². The lowest BCUT2D eigenvalue weighted by molar-refractivity contribution is -0.133. The Morgan fingerprint density at radius 1 is 0.971 bits per heavy atom. The first-order chi connectivity index (χ1) is 16.9. The van der Waals surface area contributed by atoms with Crippen molar-refractivity contribution < 1.29 is 23.5 Å². The summed E-state index contributed by atoms with van der Waals surface area (Å²) in [5.74, 6) is 1.82. The van der Waals surface area contributed by atoms with Crippen LogP contribution in [0.25, 0.3) is 0 Å². The monoisotopic (exact) mass is 477 g/mol. The van der Waals surface area contributed by atoms with Crippen molar-refractivity contribution in [1.29, 1.82) is 0 Å². The fourth-order valence-corrected chi connectivity index (χ4v) is 3.88. The number of amides is 3. The zero-order valence-electron chi connectivity index (χ0n) is 20.3. The summed E-state index contributed by atoms with van der Waals surface area (Å²) in [6, 6.07) is 16.5. The van der Waals surface area contributed by atoms with Crippen LogP contribution >= 0.6 is 0 Å². The predicted molar refractivity (Wildman–Crippen MR) is 132 cm³/mol. The van der Waals surface area contributed by atoms with Crippen LogP contribution < -0.4 is 14.8 Å². The van der Waals surface area contributed by atoms with Crippen LogP contribution in [0.5, 0.6) is 11.5 Å². The molecule has 0 atom stereocenters. The molecule has 1 N–H and O–H groups in total. The third-order valence-electron chi connectivity index (χ3n) is 5.87. The van der Waals surface area contributed by atoms with Crippen LogP contribution in [0.4, 0.5) is 10.5 Å². The van der Waals surface area contributed by atoms with Crippen LogP contribution in [-0.4, -0.2) is 41.1 Å². The van der Waals surface area contributed by atoms with Crippen molar-refractivity contribution >= 4 is 17.6 Å². The van der Waals surface area contributed by atoms with Gasteiger partial charge in [0, 0.05) is 18.3 Å². The molecule has 0 fully saturated rings. The average Bonchev–Trinajstić information content (AvgIpc) is 3.53. The van der Waals surface area contributed by atoms with Gasteiger partial charge in [-0.25, -0.2) is 4.79 Å². The number of carbonyl (C=O) groups excluding carboxylic acids is 2. The summed E-state index contributed by atoms with van der Waals surface area (Å²) in [6.07, 6.45) is 2.45. The van der Waals surface area contributed by atoms with Gasteiger partial charge in [0.2, 0.25) is 12.7 Å². The van der Waals surface area contributed by atoms with Crippen molar-refractivity contribution in [2.75, 3.05) is 18.7 Å². The van der Waals surface area contributed by atoms with Crippen molar-refractivity contribution in [2.24, 2.45) is 0 Å². The number of carbonyl (C=O) groups is 2. The minimum Gasteiger partial charge on any atom is -0.467 e. The van der Waals surface area contributed by atoms with Gasteiger partial charge in [0.25, 0.3) is 0 Å². The third-order valence-corrected chi connectivity index (χ3v) is 5.87. The number of urea groups is 1. The number of benzene rings is 2. The van der Waals surface area contributed by atoms with Gasteiger partial charge in [-0.1, -0.05) is 25.1 Å². The summed E-state index contributed by atoms with van der Waals surface area (Å²) in [4.78, 5) is 29.8. The average molecular weight is 478 g/mol. The topological polar surface area (TPSA) is 84.3 Å². The van der Waals surface area contributed by atoms with Gasteiger partial charge >= 0.3 is 6.03 Å². The molecule has 0 saturated heterocycles. The van der Waals surface area contributed by atoms with Crippen LogP contribution in [0.1, 0.15) is 37.7 Å². The number of rotatable bonds is 9. The molecule has 4 rings (SSSR count). The van der Waals surface area contributed by atoms with Gasteiger partial charge < -0.3 is 29.0 Å². The molecule has 1 aromatic heterocycles. The van der Waals surface area contributed by atoms with E-state index in [-0.39, 0.29) is 37.9 Å². The van der Waals surface area contributed by atoms with E-state index < -0.39 is 0 Å². The van der Waals surface area contributed by atoms with Crippen LogP contribution in [0, 0.1) is 0 Å². The Morgan fingerprint density at radius 3 is 2.54 bits per heavy atom. The highest BCUT2D eigenvalue weighted by molar-refractivity contribution is 5.92. The zero-order valence-corrected chi connectivity index (χ0v) is 20.3. The number of hydrogen-bond acceptors (Lipinski definition) is 5. The van der Waals surface area contributed by atoms with Gasteiger partial charge in [-0.05, 0) is 67.8 Å². The van der Waals surface area contributed by atoms with Crippen LogP contribution in [-0.2, 0) is 24.3 Å². The van der Waals surface area contributed by atoms with Crippen molar-refractivity contribution in [3.63, 3.8) is 0 Å². The van der Waals surface area contributed by atoms with Crippen LogP contribution in [0.3, 0.4) is 0 Å². The van der Waals surface area contributed by atoms with E-state index in [0.29, 0.717) is 29.5 Å². The van der Waals surface area contributed by atoms with E-state index in [1.807, 2.05) is 62.4 Å². The van der Waals surface area contributed by atoms with Gasteiger partial charge in [-0.15, -0.1) is 0 Å². The van der Waals surface area contributed by atoms with Gasteiger partial charge in [0.05, 0.1) is 12.8 Å². The molecule has 8 nitrogen and oxygen atoms in total. The molecule has 3 aromatic rings. The lowest BCUT2D eigenvalue weighted by Crippen LogP contribution is -2.47. The van der Waals surface area contributed by atoms with Gasteiger partial charge in [0.1, 0.15) is 12.3 Å². The SMILES string of the molecule is CCc1cccc(NC(=O)N(CC(=O)N(Cc2ccc3c(c2)OCO3)Cc2ccco2)C(C)C)c1. The third kappa shape index (κ3) is 6.15. The maximum absolute atomic E-state index is 13.5. The minimum atomic E-state index is -0.317. The molecule has 1 aliphatic rings. The van der Waals surface area contributed by atoms with E-state index in [9.17, 15) is 9.59 Å². The number of anilines is 1. The van der Waals surface area contributed by atoms with Crippen molar-refractivity contribution in [3.8, 4) is 11.5 Å². The lowest BCUT2D eigenvalue weighted by Gasteiger charge is -2.30. The summed E-state index contributed by atoms with van der Waals surface area (Å²) < 4.78 is 16.4. The molecule has 2 heterocycles. The second-order valence-corrected chi connectivity index (χ2v) is 8.72. The Kier molecular flexibility index (Phi) is 7.60. The van der Waals surface area contributed by atoms with Crippen molar-refractivity contribution in [1.82, 2.24) is 9.80 Å². The number of hydrogen-bond donors (Lipinski definition) is 1. The molecule has 0 saturated carbocycles. The molecule has 0 bridgehead atoms. The minimum absolute atomic E-state index is 0.0672. The summed E-state index contributed by atoms with van der Waals surface area (Å²) in [6.45, 7) is 6.59. The fraction of sp³-hybridized carbons (Fsp3) is 0.333. The lowest BCUT2D eigenvalue weighted by atomic mass is 10.1. The molecule has 0 aliphatic carbocycles. The van der Waals surface area contributed by atoms with Gasteiger partial charge in [0.15, 0.2) is 11.5 Å². The van der Waals surface area contributed by atoms with Crippen molar-refractivity contribution in [2.45, 2.75) is 46.3 Å². The second kappa shape index (κ2) is 11.0. The molecule has 3 amide bonds. The Balaban J connectivity index is 1.49. The first-order valence-corrected chi connectivity index (χ1v) is 11.8. The summed E-state index contributed by atoms with van der Waals surface area (Å²) in [5, 5.41) is 2.93. The highest BCUT2D eigenvalue weighted by Crippen LogP contribution is 2.33. The molecule has 0 radical (unpaired) electrons. The van der Waals surface area contributed by atoms with E-state index in [1.54, 1.807) is 17.2 Å². The zero-order chi connectivity index (χ0) is 24.8. The molecule has 0 unspecified atom stereocenters. The largest absolute Gasteiger partial charge is 0.467 e. The summed E-state index contributed by atoms with van der Waals surface area (Å²) >= 11 is 0. The van der Waals surface area contributed by atoms with E-state index in [2.05, 4.69) is 12.2 Å². The Morgan fingerprint density at radius 2 is 1.80 bits per heavy atom. The highest BCUT2D eigenvalue weighted by atomic mass is 16.7. The maximum atomic E-state index is 13.5. The molecule has 2 aromatic carbocycles. The predicted octanol–water partition coefficient (Wildman–Crippen LogP) is 5.04. The number of ether oxygens (including phenoxy) is 2. The summed E-state index contributed by atoms with van der Waals surface area (Å²) in [5.41, 5.74) is 2.73. The standard InChI is InChI=1S/C27H31N3O5/c1-4-20-7-5-8-22(13-20)28-27(32)30(19(2)3)17-26(31)29(16-23-9-6-12-33-23)15-21-10-11-24-25(14-21)35-18-34-24/h5-14,19H,4,15-18H2,1-3H3,(H,28,32). The van der Waals surface area contributed by atoms with Crippen LogP contribution in [0.2, 0.25) is 0 Å². The molecule has 184 valence electrons. The Bertz CT molecular complexity index is 1160. The number of fused-ring (bicyclic) bond motifs is 1. The summed E-state index contributed by atoms with van der Waals surface area (Å²) in [7, 11) is 0. The smallest absolute Gasteiger partial charge is 0.322 e. The number of aryl methyl sites for hydroxylation is 1. The second-order valence-electron chi connectivity index (χ2n) is 8.72. The quantitative estimate of drug-likeness (QED) is 0.467. The molecular weight excluding hydrogens is 446 g/mol. The van der Waals surface area contributed by atoms with Gasteiger partial charge in [-0.3, -0.25) is 4.79 Å². The Labute approximate surface area is 205 Å². The normalized spacial score (nSPS) is 12.0. The fourth-order valence-electron chi connectivity index (χ4n) is 3.88. The van der Waals surface area contributed by atoms with Crippen LogP contribution in [0.15, 0.2) is 65.3 Å². The van der Waals surface area contributed by atoms with Crippen molar-refractivity contribution in [3.05, 3.63) is 77.7 Å². The highest BCUT2D eigenvalue weighted by Gasteiger charge is 2.25. The first-order valence-electron chi connectivity index (χ1n) is 11.8. The molecule has 35 heavy (non-hydrogen) atoms. The Hall–Kier alpha value is -3.94. The number of nitrogens with zero attached hydrogens (tertiary/aromatic N) is 2. The first kappa shape index (κ1) is 24.2. The van der Waals surface area contributed by atoms with E-state index in [0.717, 1.165) is 17.5 Å². The van der Waals surface area contributed by atoms with E-state index in [1.165, 1.54) is 4.90 Å².